The maximum Gasteiger partial charge on any atom is 0.319 e. The van der Waals surface area contributed by atoms with Gasteiger partial charge in [0, 0.05) is 54.0 Å². The normalized spacial score (nSPS) is 11.1. The van der Waals surface area contributed by atoms with E-state index in [4.69, 9.17) is 5.26 Å². The first kappa shape index (κ1) is 24.5. The summed E-state index contributed by atoms with van der Waals surface area (Å²) in [7, 11) is 0. The number of carbonyl (C=O) groups excluding carboxylic acids is 2. The summed E-state index contributed by atoms with van der Waals surface area (Å²) >= 11 is 0. The Labute approximate surface area is 195 Å². The molecule has 0 aliphatic heterocycles. The molecule has 176 valence electrons. The second-order valence-corrected chi connectivity index (χ2v) is 8.50. The van der Waals surface area contributed by atoms with E-state index in [1.54, 1.807) is 32.9 Å². The fourth-order valence-corrected chi connectivity index (χ4v) is 3.25. The molecule has 0 atom stereocenters. The number of fused-ring (bicyclic) bond motifs is 1. The lowest BCUT2D eigenvalue weighted by Gasteiger charge is -2.16. The Morgan fingerprint density at radius 3 is 2.50 bits per heavy atom. The van der Waals surface area contributed by atoms with Gasteiger partial charge in [-0.15, -0.1) is 0 Å². The third-order valence-electron chi connectivity index (χ3n) is 5.13. The molecule has 3 aromatic rings. The van der Waals surface area contributed by atoms with Gasteiger partial charge in [0.2, 0.25) is 5.91 Å². The Morgan fingerprint density at radius 2 is 1.82 bits per heavy atom. The zero-order valence-electron chi connectivity index (χ0n) is 19.2. The average molecular weight is 466 g/mol. The van der Waals surface area contributed by atoms with Gasteiger partial charge in [-0.1, -0.05) is 0 Å². The van der Waals surface area contributed by atoms with Gasteiger partial charge in [0.15, 0.2) is 0 Å². The fraction of sp³-hybridized carbons (Fsp3) is 0.292. The highest BCUT2D eigenvalue weighted by atomic mass is 19.1. The van der Waals surface area contributed by atoms with Gasteiger partial charge in [0.05, 0.1) is 22.7 Å². The van der Waals surface area contributed by atoms with Gasteiger partial charge in [-0.3, -0.25) is 9.78 Å². The molecule has 0 bridgehead atoms. The number of benzene rings is 1. The van der Waals surface area contributed by atoms with Crippen molar-refractivity contribution in [1.82, 2.24) is 15.3 Å². The average Bonchev–Trinajstić information content (AvgIpc) is 2.75. The third kappa shape index (κ3) is 5.81. The molecule has 8 nitrogen and oxygen atoms in total. The summed E-state index contributed by atoms with van der Waals surface area (Å²) in [6.45, 7) is 6.74. The van der Waals surface area contributed by atoms with Crippen LogP contribution in [0.5, 0.6) is 0 Å². The highest BCUT2D eigenvalue weighted by Gasteiger charge is 2.18. The number of hydrogen-bond acceptors (Lipinski definition) is 5. The van der Waals surface area contributed by atoms with Crippen LogP contribution in [0.1, 0.15) is 32.9 Å². The first-order valence-corrected chi connectivity index (χ1v) is 10.5. The molecular weight excluding hydrogens is 442 g/mol. The summed E-state index contributed by atoms with van der Waals surface area (Å²) < 4.78 is 29.1. The number of carbonyl (C=O) groups is 2. The predicted octanol–water partition coefficient (Wildman–Crippen LogP) is 4.90. The summed E-state index contributed by atoms with van der Waals surface area (Å²) in [6, 6.07) is 6.62. The summed E-state index contributed by atoms with van der Waals surface area (Å²) in [5.74, 6) is -1.68. The largest absolute Gasteiger partial charge is 0.338 e. The molecule has 0 aliphatic rings. The molecular formula is C24H24F2N6O2. The summed E-state index contributed by atoms with van der Waals surface area (Å²) in [6.07, 6.45) is 1.90. The lowest BCUT2D eigenvalue weighted by molar-refractivity contribution is -0.114. The van der Waals surface area contributed by atoms with Crippen molar-refractivity contribution in [2.75, 3.05) is 17.2 Å². The van der Waals surface area contributed by atoms with Crippen LogP contribution >= 0.6 is 0 Å². The number of nitrogens with one attached hydrogen (secondary N) is 3. The van der Waals surface area contributed by atoms with E-state index in [2.05, 4.69) is 32.0 Å². The molecule has 0 saturated heterocycles. The molecule has 2 aromatic heterocycles. The van der Waals surface area contributed by atoms with E-state index in [1.165, 1.54) is 19.2 Å². The van der Waals surface area contributed by atoms with Gasteiger partial charge < -0.3 is 16.0 Å². The van der Waals surface area contributed by atoms with Crippen LogP contribution in [0.15, 0.2) is 30.5 Å². The number of halogens is 2. The minimum atomic E-state index is -0.929. The highest BCUT2D eigenvalue weighted by molar-refractivity contribution is 5.93. The van der Waals surface area contributed by atoms with Crippen LogP contribution in [-0.2, 0) is 4.79 Å². The van der Waals surface area contributed by atoms with Crippen LogP contribution in [0.25, 0.3) is 22.0 Å². The van der Waals surface area contributed by atoms with Crippen molar-refractivity contribution in [3.8, 4) is 17.2 Å². The number of aryl methyl sites for hydroxylation is 1. The molecule has 0 aliphatic carbocycles. The topological polar surface area (TPSA) is 120 Å². The molecule has 0 spiro atoms. The molecule has 0 unspecified atom stereocenters. The number of nitriles is 1. The Bertz CT molecular complexity index is 1320. The second kappa shape index (κ2) is 9.79. The number of hydrogen-bond donors (Lipinski definition) is 3. The number of pyridine rings is 2. The van der Waals surface area contributed by atoms with E-state index in [0.717, 1.165) is 0 Å². The molecule has 3 rings (SSSR count). The lowest BCUT2D eigenvalue weighted by atomic mass is 9.92. The first-order chi connectivity index (χ1) is 16.0. The van der Waals surface area contributed by atoms with Gasteiger partial charge in [-0.2, -0.15) is 5.26 Å². The van der Waals surface area contributed by atoms with Gasteiger partial charge >= 0.3 is 6.03 Å². The van der Waals surface area contributed by atoms with E-state index in [0.29, 0.717) is 40.5 Å². The van der Waals surface area contributed by atoms with Crippen molar-refractivity contribution in [1.29, 1.82) is 5.26 Å². The molecule has 1 aromatic carbocycles. The minimum absolute atomic E-state index is 0.0557. The van der Waals surface area contributed by atoms with Crippen molar-refractivity contribution < 1.29 is 18.4 Å². The highest BCUT2D eigenvalue weighted by Crippen LogP contribution is 2.32. The van der Waals surface area contributed by atoms with E-state index in [1.807, 2.05) is 0 Å². The maximum absolute atomic E-state index is 14.7. The third-order valence-corrected chi connectivity index (χ3v) is 5.13. The van der Waals surface area contributed by atoms with E-state index in [-0.39, 0.29) is 23.7 Å². The Morgan fingerprint density at radius 1 is 1.09 bits per heavy atom. The molecule has 3 N–H and O–H groups in total. The maximum atomic E-state index is 14.7. The molecule has 0 fully saturated rings. The number of aromatic nitrogens is 2. The van der Waals surface area contributed by atoms with Crippen LogP contribution in [0.4, 0.5) is 25.1 Å². The summed E-state index contributed by atoms with van der Waals surface area (Å²) in [4.78, 5) is 32.1. The zero-order chi connectivity index (χ0) is 25.0. The van der Waals surface area contributed by atoms with Crippen molar-refractivity contribution >= 4 is 34.3 Å². The molecule has 2 heterocycles. The van der Waals surface area contributed by atoms with Crippen LogP contribution in [0.2, 0.25) is 0 Å². The van der Waals surface area contributed by atoms with Crippen LogP contribution in [0, 0.1) is 35.3 Å². The van der Waals surface area contributed by atoms with E-state index in [9.17, 15) is 18.4 Å². The zero-order valence-corrected chi connectivity index (χ0v) is 19.2. The van der Waals surface area contributed by atoms with Gasteiger partial charge in [0.25, 0.3) is 0 Å². The van der Waals surface area contributed by atoms with Crippen LogP contribution in [0.3, 0.4) is 0 Å². The SMILES string of the molecule is CC(=O)Nc1cc2nc(C)c(-c3cc(NC(=O)NCCC(C)(C)C#N)c(F)cc3F)cc2cn1. The van der Waals surface area contributed by atoms with Crippen LogP contribution in [-0.4, -0.2) is 28.5 Å². The van der Waals surface area contributed by atoms with Crippen molar-refractivity contribution in [2.24, 2.45) is 5.41 Å². The summed E-state index contributed by atoms with van der Waals surface area (Å²) in [5.41, 5.74) is 0.651. The van der Waals surface area contributed by atoms with Gasteiger partial charge in [-0.25, -0.2) is 18.6 Å². The minimum Gasteiger partial charge on any atom is -0.338 e. The quantitative estimate of drug-likeness (QED) is 0.477. The van der Waals surface area contributed by atoms with E-state index >= 15 is 0 Å². The molecule has 34 heavy (non-hydrogen) atoms. The molecule has 10 heteroatoms. The smallest absolute Gasteiger partial charge is 0.319 e. The molecule has 3 amide bonds. The first-order valence-electron chi connectivity index (χ1n) is 10.5. The fourth-order valence-electron chi connectivity index (χ4n) is 3.25. The number of urea groups is 1. The van der Waals surface area contributed by atoms with Crippen molar-refractivity contribution in [2.45, 2.75) is 34.1 Å². The van der Waals surface area contributed by atoms with E-state index < -0.39 is 23.1 Å². The standard InChI is InChI=1S/C24H24F2N6O2/c1-13-16(7-15-11-29-22(31-14(2)33)10-20(15)30-13)17-8-21(19(26)9-18(17)25)32-23(34)28-6-5-24(3,4)12-27/h7-11H,5-6H2,1-4H3,(H2,28,32,34)(H,29,31,33). The summed E-state index contributed by atoms with van der Waals surface area (Å²) in [5, 5.41) is 17.2. The van der Waals surface area contributed by atoms with Gasteiger partial charge in [-0.05, 0) is 39.3 Å². The number of amides is 3. The number of rotatable bonds is 6. The Hall–Kier alpha value is -4.13. The monoisotopic (exact) mass is 466 g/mol. The molecule has 0 saturated carbocycles. The van der Waals surface area contributed by atoms with Crippen LogP contribution < -0.4 is 16.0 Å². The van der Waals surface area contributed by atoms with Crippen molar-refractivity contribution in [3.05, 3.63) is 47.8 Å². The van der Waals surface area contributed by atoms with Gasteiger partial charge in [0.1, 0.15) is 17.5 Å². The predicted molar refractivity (Wildman–Crippen MR) is 125 cm³/mol. The Balaban J connectivity index is 1.88. The lowest BCUT2D eigenvalue weighted by Crippen LogP contribution is -2.32. The van der Waals surface area contributed by atoms with Crippen molar-refractivity contribution in [3.63, 3.8) is 0 Å². The number of nitrogens with zero attached hydrogens (tertiary/aromatic N) is 3. The molecule has 0 radical (unpaired) electrons. The Kier molecular flexibility index (Phi) is 7.05. The second-order valence-electron chi connectivity index (χ2n) is 8.50. The number of anilines is 2.